The maximum Gasteiger partial charge on any atom is 0.309 e. The Morgan fingerprint density at radius 2 is 1.86 bits per heavy atom. The van der Waals surface area contributed by atoms with Crippen LogP contribution in [0, 0.1) is 17.8 Å². The van der Waals surface area contributed by atoms with Crippen LogP contribution in [0.1, 0.15) is 46.5 Å². The smallest absolute Gasteiger partial charge is 0.309 e. The molecule has 0 bridgehead atoms. The minimum atomic E-state index is -1.46. The highest BCUT2D eigenvalue weighted by atomic mass is 16.5. The Labute approximate surface area is 132 Å². The van der Waals surface area contributed by atoms with Gasteiger partial charge in [0, 0.05) is 24.9 Å². The first-order chi connectivity index (χ1) is 10.3. The molecule has 3 fully saturated rings. The zero-order valence-corrected chi connectivity index (χ0v) is 13.7. The van der Waals surface area contributed by atoms with Gasteiger partial charge in [0.25, 0.3) is 0 Å². The largest absolute Gasteiger partial charge is 0.460 e. The summed E-state index contributed by atoms with van der Waals surface area (Å²) in [5.41, 5.74) is -1.46. The summed E-state index contributed by atoms with van der Waals surface area (Å²) < 4.78 is 5.80. The fraction of sp³-hybridized carbons (Fsp3) is 0.882. The number of esters is 1. The predicted molar refractivity (Wildman–Crippen MR) is 81.2 cm³/mol. The van der Waals surface area contributed by atoms with E-state index in [9.17, 15) is 14.7 Å². The number of Topliss-reactive ketones (excluding diaryl/α,β-unsaturated/α-hetero) is 1. The van der Waals surface area contributed by atoms with E-state index in [2.05, 4.69) is 4.90 Å². The van der Waals surface area contributed by atoms with Crippen molar-refractivity contribution in [2.24, 2.45) is 17.8 Å². The van der Waals surface area contributed by atoms with Crippen LogP contribution >= 0.6 is 0 Å². The second kappa shape index (κ2) is 5.60. The Balaban J connectivity index is 1.88. The van der Waals surface area contributed by atoms with Crippen LogP contribution in [0.15, 0.2) is 0 Å². The van der Waals surface area contributed by atoms with Crippen molar-refractivity contribution in [3.63, 3.8) is 0 Å². The van der Waals surface area contributed by atoms with Crippen LogP contribution in [0.3, 0.4) is 0 Å². The van der Waals surface area contributed by atoms with Crippen LogP contribution in [0.5, 0.6) is 0 Å². The molecule has 3 aliphatic heterocycles. The Kier molecular flexibility index (Phi) is 4.06. The van der Waals surface area contributed by atoms with Crippen molar-refractivity contribution in [3.8, 4) is 0 Å². The number of nitrogens with zero attached hydrogens (tertiary/aromatic N) is 1. The molecule has 0 amide bonds. The fourth-order valence-corrected chi connectivity index (χ4v) is 4.43. The summed E-state index contributed by atoms with van der Waals surface area (Å²) in [6.45, 7) is 7.08. The zero-order valence-electron chi connectivity index (χ0n) is 13.7. The average molecular weight is 309 g/mol. The van der Waals surface area contributed by atoms with Gasteiger partial charge in [-0.2, -0.15) is 0 Å². The van der Waals surface area contributed by atoms with Gasteiger partial charge in [0.15, 0.2) is 5.78 Å². The van der Waals surface area contributed by atoms with E-state index < -0.39 is 17.4 Å². The van der Waals surface area contributed by atoms with Gasteiger partial charge >= 0.3 is 5.97 Å². The number of carbonyl (C=O) groups excluding carboxylic acids is 2. The molecular weight excluding hydrogens is 282 g/mol. The highest BCUT2D eigenvalue weighted by molar-refractivity contribution is 5.88. The minimum absolute atomic E-state index is 0.0483. The van der Waals surface area contributed by atoms with E-state index in [-0.39, 0.29) is 23.9 Å². The third-order valence-electron chi connectivity index (χ3n) is 6.36. The number of ether oxygens (including phenoxy) is 1. The van der Waals surface area contributed by atoms with Gasteiger partial charge in [0.1, 0.15) is 11.7 Å². The molecule has 3 rings (SSSR count). The molecule has 3 aliphatic rings. The monoisotopic (exact) mass is 309 g/mol. The highest BCUT2D eigenvalue weighted by Crippen LogP contribution is 2.39. The first-order valence-electron chi connectivity index (χ1n) is 8.52. The van der Waals surface area contributed by atoms with Crippen molar-refractivity contribution in [2.45, 2.75) is 64.2 Å². The van der Waals surface area contributed by atoms with E-state index in [0.717, 1.165) is 32.4 Å². The predicted octanol–water partition coefficient (Wildman–Crippen LogP) is 1.38. The normalized spacial score (nSPS) is 47.0. The molecule has 3 heterocycles. The summed E-state index contributed by atoms with van der Waals surface area (Å²) >= 11 is 0. The SMILES string of the molecule is C[C@H]1C(=O)O[C@@H]2CCN3CC[C@H](CCC(=O)[C@](C)(O)[C@H]1C)[C@H]23. The summed E-state index contributed by atoms with van der Waals surface area (Å²) in [4.78, 5) is 27.3. The van der Waals surface area contributed by atoms with Crippen molar-refractivity contribution in [1.29, 1.82) is 0 Å². The number of aliphatic hydroxyl groups is 1. The Morgan fingerprint density at radius 1 is 1.18 bits per heavy atom. The molecule has 0 spiro atoms. The van der Waals surface area contributed by atoms with Gasteiger partial charge in [-0.15, -0.1) is 0 Å². The number of rotatable bonds is 0. The molecule has 3 saturated heterocycles. The second-order valence-corrected chi connectivity index (χ2v) is 7.53. The minimum Gasteiger partial charge on any atom is -0.460 e. The van der Waals surface area contributed by atoms with E-state index in [1.165, 1.54) is 0 Å². The number of hydrogen-bond donors (Lipinski definition) is 1. The molecule has 6 atom stereocenters. The van der Waals surface area contributed by atoms with Crippen LogP contribution in [0.2, 0.25) is 0 Å². The fourth-order valence-electron chi connectivity index (χ4n) is 4.43. The maximum atomic E-state index is 12.5. The van der Waals surface area contributed by atoms with Crippen molar-refractivity contribution >= 4 is 11.8 Å². The summed E-state index contributed by atoms with van der Waals surface area (Å²) in [6.07, 6.45) is 3.07. The van der Waals surface area contributed by atoms with Crippen molar-refractivity contribution in [2.75, 3.05) is 13.1 Å². The molecule has 0 unspecified atom stereocenters. The van der Waals surface area contributed by atoms with Gasteiger partial charge in [-0.05, 0) is 38.6 Å². The summed E-state index contributed by atoms with van der Waals surface area (Å²) in [5.74, 6) is -0.952. The molecular formula is C17H27NO4. The topological polar surface area (TPSA) is 66.8 Å². The van der Waals surface area contributed by atoms with Crippen molar-refractivity contribution in [1.82, 2.24) is 4.90 Å². The van der Waals surface area contributed by atoms with E-state index >= 15 is 0 Å². The molecule has 5 nitrogen and oxygen atoms in total. The Morgan fingerprint density at radius 3 is 2.59 bits per heavy atom. The van der Waals surface area contributed by atoms with E-state index in [1.807, 2.05) is 0 Å². The quantitative estimate of drug-likeness (QED) is 0.685. The van der Waals surface area contributed by atoms with Crippen LogP contribution < -0.4 is 0 Å². The maximum absolute atomic E-state index is 12.5. The molecule has 0 aromatic rings. The molecule has 1 N–H and O–H groups in total. The molecule has 5 heteroatoms. The lowest BCUT2D eigenvalue weighted by Gasteiger charge is -2.32. The lowest BCUT2D eigenvalue weighted by molar-refractivity contribution is -0.161. The zero-order chi connectivity index (χ0) is 16.1. The Hall–Kier alpha value is -0.940. The molecule has 124 valence electrons. The second-order valence-electron chi connectivity index (χ2n) is 7.53. The lowest BCUT2D eigenvalue weighted by Crippen LogP contribution is -2.46. The van der Waals surface area contributed by atoms with Gasteiger partial charge in [0.2, 0.25) is 0 Å². The molecule has 0 aromatic carbocycles. The molecule has 0 saturated carbocycles. The van der Waals surface area contributed by atoms with Crippen molar-refractivity contribution < 1.29 is 19.4 Å². The molecule has 0 radical (unpaired) electrons. The van der Waals surface area contributed by atoms with Gasteiger partial charge in [0.05, 0.1) is 5.92 Å². The first kappa shape index (κ1) is 15.9. The summed E-state index contributed by atoms with van der Waals surface area (Å²) in [5, 5.41) is 10.6. The summed E-state index contributed by atoms with van der Waals surface area (Å²) in [7, 11) is 0. The lowest BCUT2D eigenvalue weighted by atomic mass is 9.77. The van der Waals surface area contributed by atoms with Crippen LogP contribution in [0.4, 0.5) is 0 Å². The van der Waals surface area contributed by atoms with Crippen LogP contribution in [-0.4, -0.2) is 52.6 Å². The third kappa shape index (κ3) is 2.48. The van der Waals surface area contributed by atoms with E-state index in [0.29, 0.717) is 12.3 Å². The summed E-state index contributed by atoms with van der Waals surface area (Å²) in [6, 6.07) is 0.266. The molecule has 0 aromatic heterocycles. The van der Waals surface area contributed by atoms with Gasteiger partial charge in [-0.25, -0.2) is 0 Å². The molecule has 0 aliphatic carbocycles. The number of carbonyl (C=O) groups is 2. The standard InChI is InChI=1S/C17H27NO4/c1-10-11(2)17(3,21)14(19)5-4-12-6-8-18-9-7-13(15(12)18)22-16(10)20/h10-13,15,21H,4-9H2,1-3H3/t10-,11+,12+,13-,15-,17-/m1/s1. The van der Waals surface area contributed by atoms with Crippen LogP contribution in [0.25, 0.3) is 0 Å². The average Bonchev–Trinajstić information content (AvgIpc) is 3.05. The highest BCUT2D eigenvalue weighted by Gasteiger charge is 2.49. The Bertz CT molecular complexity index is 475. The third-order valence-corrected chi connectivity index (χ3v) is 6.36. The van der Waals surface area contributed by atoms with E-state index in [4.69, 9.17) is 4.74 Å². The molecule has 22 heavy (non-hydrogen) atoms. The first-order valence-corrected chi connectivity index (χ1v) is 8.52. The number of hydrogen-bond acceptors (Lipinski definition) is 5. The van der Waals surface area contributed by atoms with Crippen molar-refractivity contribution in [3.05, 3.63) is 0 Å². The van der Waals surface area contributed by atoms with Crippen LogP contribution in [-0.2, 0) is 14.3 Å². The van der Waals surface area contributed by atoms with Gasteiger partial charge < -0.3 is 9.84 Å². The van der Waals surface area contributed by atoms with Gasteiger partial charge in [-0.1, -0.05) is 13.8 Å². The van der Waals surface area contributed by atoms with E-state index in [1.54, 1.807) is 20.8 Å². The van der Waals surface area contributed by atoms with Gasteiger partial charge in [-0.3, -0.25) is 14.5 Å². The number of ketones is 1.